The van der Waals surface area contributed by atoms with E-state index in [-0.39, 0.29) is 9.92 Å². The molecule has 1 aromatic heterocycles. The molecule has 0 saturated heterocycles. The molecular weight excluding hydrogens is 336 g/mol. The van der Waals surface area contributed by atoms with Gasteiger partial charge in [0.15, 0.2) is 12.2 Å². The van der Waals surface area contributed by atoms with Gasteiger partial charge in [0.05, 0.1) is 11.2 Å². The molecule has 0 unspecified atom stereocenters. The molecule has 0 aliphatic carbocycles. The number of hydrogen-bond donors (Lipinski definition) is 1. The van der Waals surface area contributed by atoms with E-state index in [9.17, 15) is 8.42 Å². The van der Waals surface area contributed by atoms with Gasteiger partial charge >= 0.3 is 0 Å². The van der Waals surface area contributed by atoms with Gasteiger partial charge in [-0.25, -0.2) is 13.4 Å². The Hall–Kier alpha value is -2.31. The molecule has 1 N–H and O–H groups in total. The topological polar surface area (TPSA) is 72.2 Å². The van der Waals surface area contributed by atoms with E-state index in [4.69, 9.17) is 16.0 Å². The zero-order chi connectivity index (χ0) is 16.4. The number of anilines is 1. The lowest BCUT2D eigenvalue weighted by molar-refractivity contribution is 0.572. The number of benzene rings is 2. The number of aromatic nitrogens is 1. The van der Waals surface area contributed by atoms with Gasteiger partial charge in [-0.3, -0.25) is 4.72 Å². The largest absolute Gasteiger partial charge is 0.444 e. The summed E-state index contributed by atoms with van der Waals surface area (Å²) in [4.78, 5) is 3.88. The van der Waals surface area contributed by atoms with E-state index < -0.39 is 10.0 Å². The van der Waals surface area contributed by atoms with Gasteiger partial charge in [0.2, 0.25) is 0 Å². The molecule has 0 amide bonds. The fourth-order valence-electron chi connectivity index (χ4n) is 2.13. The zero-order valence-electron chi connectivity index (χ0n) is 12.2. The minimum Gasteiger partial charge on any atom is -0.444 e. The molecule has 7 heteroatoms. The molecule has 0 atom stereocenters. The third-order valence-corrected chi connectivity index (χ3v) is 5.07. The van der Waals surface area contributed by atoms with E-state index >= 15 is 0 Å². The number of nitrogens with zero attached hydrogens (tertiary/aromatic N) is 1. The van der Waals surface area contributed by atoms with Crippen molar-refractivity contribution in [3.63, 3.8) is 0 Å². The van der Waals surface area contributed by atoms with Crippen LogP contribution in [0.4, 0.5) is 5.69 Å². The number of rotatable bonds is 4. The maximum Gasteiger partial charge on any atom is 0.263 e. The maximum atomic E-state index is 12.5. The fourth-order valence-corrected chi connectivity index (χ4v) is 3.78. The molecule has 5 nitrogen and oxygen atoms in total. The van der Waals surface area contributed by atoms with Crippen molar-refractivity contribution in [2.45, 2.75) is 11.8 Å². The van der Waals surface area contributed by atoms with Crippen LogP contribution >= 0.6 is 11.6 Å². The van der Waals surface area contributed by atoms with Crippen LogP contribution in [-0.2, 0) is 10.0 Å². The highest BCUT2D eigenvalue weighted by atomic mass is 35.5. The van der Waals surface area contributed by atoms with Gasteiger partial charge in [0.25, 0.3) is 10.0 Å². The molecule has 118 valence electrons. The summed E-state index contributed by atoms with van der Waals surface area (Å²) in [6.07, 6.45) is 2.88. The number of oxazole rings is 1. The first-order valence-corrected chi connectivity index (χ1v) is 8.60. The van der Waals surface area contributed by atoms with Crippen molar-refractivity contribution in [1.82, 2.24) is 4.98 Å². The van der Waals surface area contributed by atoms with Crippen LogP contribution in [-0.4, -0.2) is 13.4 Å². The maximum absolute atomic E-state index is 12.5. The van der Waals surface area contributed by atoms with Crippen LogP contribution in [0.3, 0.4) is 0 Å². The number of halogens is 1. The average molecular weight is 349 g/mol. The first-order valence-electron chi connectivity index (χ1n) is 6.73. The SMILES string of the molecule is Cc1ccc(S(=O)(=O)Nc2cccc(-c3cnco3)c2)c(Cl)c1. The number of aryl methyl sites for hydroxylation is 1. The third-order valence-electron chi connectivity index (χ3n) is 3.21. The Morgan fingerprint density at radius 2 is 2.00 bits per heavy atom. The van der Waals surface area contributed by atoms with Crippen LogP contribution in [0, 0.1) is 6.92 Å². The van der Waals surface area contributed by atoms with Gasteiger partial charge < -0.3 is 4.42 Å². The quantitative estimate of drug-likeness (QED) is 0.770. The summed E-state index contributed by atoms with van der Waals surface area (Å²) in [5, 5.41) is 0.184. The summed E-state index contributed by atoms with van der Waals surface area (Å²) >= 11 is 6.05. The first-order chi connectivity index (χ1) is 11.0. The highest BCUT2D eigenvalue weighted by molar-refractivity contribution is 7.92. The molecule has 0 fully saturated rings. The van der Waals surface area contributed by atoms with Crippen molar-refractivity contribution in [2.24, 2.45) is 0 Å². The molecule has 3 rings (SSSR count). The van der Waals surface area contributed by atoms with Crippen LogP contribution in [0.5, 0.6) is 0 Å². The van der Waals surface area contributed by atoms with E-state index in [1.54, 1.807) is 42.6 Å². The molecule has 0 aliphatic rings. The minimum atomic E-state index is -3.77. The van der Waals surface area contributed by atoms with Crippen LogP contribution in [0.2, 0.25) is 5.02 Å². The van der Waals surface area contributed by atoms with E-state index in [1.807, 2.05) is 6.92 Å². The summed E-state index contributed by atoms with van der Waals surface area (Å²) in [5.74, 6) is 0.555. The van der Waals surface area contributed by atoms with Crippen molar-refractivity contribution >= 4 is 27.3 Å². The molecule has 0 saturated carbocycles. The van der Waals surface area contributed by atoms with E-state index in [0.29, 0.717) is 11.4 Å². The average Bonchev–Trinajstić information content (AvgIpc) is 3.00. The summed E-state index contributed by atoms with van der Waals surface area (Å²) in [5.41, 5.74) is 2.02. The van der Waals surface area contributed by atoms with Crippen molar-refractivity contribution < 1.29 is 12.8 Å². The summed E-state index contributed by atoms with van der Waals surface area (Å²) in [7, 11) is -3.77. The van der Waals surface area contributed by atoms with Gasteiger partial charge in [0.1, 0.15) is 4.90 Å². The number of sulfonamides is 1. The normalized spacial score (nSPS) is 11.4. The van der Waals surface area contributed by atoms with Crippen molar-refractivity contribution in [1.29, 1.82) is 0 Å². The van der Waals surface area contributed by atoms with Crippen molar-refractivity contribution in [3.05, 3.63) is 65.6 Å². The second-order valence-electron chi connectivity index (χ2n) is 4.99. The minimum absolute atomic E-state index is 0.0369. The Kier molecular flexibility index (Phi) is 4.11. The first kappa shape index (κ1) is 15.6. The molecule has 23 heavy (non-hydrogen) atoms. The van der Waals surface area contributed by atoms with Crippen LogP contribution in [0.15, 0.2) is 64.4 Å². The Labute approximate surface area is 139 Å². The molecule has 0 aliphatic heterocycles. The third kappa shape index (κ3) is 3.38. The van der Waals surface area contributed by atoms with Gasteiger partial charge in [-0.2, -0.15) is 0 Å². The highest BCUT2D eigenvalue weighted by Crippen LogP contribution is 2.27. The van der Waals surface area contributed by atoms with Crippen LogP contribution < -0.4 is 4.72 Å². The predicted molar refractivity (Wildman–Crippen MR) is 88.9 cm³/mol. The van der Waals surface area contributed by atoms with Gasteiger partial charge in [-0.05, 0) is 36.8 Å². The van der Waals surface area contributed by atoms with E-state index in [1.165, 1.54) is 12.5 Å². The predicted octanol–water partition coefficient (Wildman–Crippen LogP) is 4.10. The summed E-state index contributed by atoms with van der Waals surface area (Å²) in [6.45, 7) is 1.84. The van der Waals surface area contributed by atoms with Gasteiger partial charge in [-0.15, -0.1) is 0 Å². The Bertz CT molecular complexity index is 938. The van der Waals surface area contributed by atoms with Crippen LogP contribution in [0.25, 0.3) is 11.3 Å². The summed E-state index contributed by atoms with van der Waals surface area (Å²) in [6, 6.07) is 11.6. The molecule has 1 heterocycles. The Morgan fingerprint density at radius 1 is 1.17 bits per heavy atom. The molecular formula is C16H13ClN2O3S. The second kappa shape index (κ2) is 6.06. The Morgan fingerprint density at radius 3 is 2.70 bits per heavy atom. The molecule has 0 spiro atoms. The van der Waals surface area contributed by atoms with Crippen LogP contribution in [0.1, 0.15) is 5.56 Å². The van der Waals surface area contributed by atoms with Crippen molar-refractivity contribution in [2.75, 3.05) is 4.72 Å². The van der Waals surface area contributed by atoms with Gasteiger partial charge in [-0.1, -0.05) is 29.8 Å². The molecule has 2 aromatic carbocycles. The van der Waals surface area contributed by atoms with E-state index in [2.05, 4.69) is 9.71 Å². The lowest BCUT2D eigenvalue weighted by atomic mass is 10.2. The van der Waals surface area contributed by atoms with Crippen molar-refractivity contribution in [3.8, 4) is 11.3 Å². The molecule has 0 bridgehead atoms. The van der Waals surface area contributed by atoms with Gasteiger partial charge in [0, 0.05) is 11.3 Å². The smallest absolute Gasteiger partial charge is 0.263 e. The highest BCUT2D eigenvalue weighted by Gasteiger charge is 2.18. The standard InChI is InChI=1S/C16H13ClN2O3S/c1-11-5-6-16(14(17)7-11)23(20,21)19-13-4-2-3-12(8-13)15-9-18-10-22-15/h2-10,19H,1H3. The molecule has 0 radical (unpaired) electrons. The molecule has 3 aromatic rings. The number of nitrogens with one attached hydrogen (secondary N) is 1. The monoisotopic (exact) mass is 348 g/mol. The Balaban J connectivity index is 1.93. The van der Waals surface area contributed by atoms with E-state index in [0.717, 1.165) is 11.1 Å². The lowest BCUT2D eigenvalue weighted by Gasteiger charge is -2.10. The lowest BCUT2D eigenvalue weighted by Crippen LogP contribution is -2.13. The summed E-state index contributed by atoms with van der Waals surface area (Å²) < 4.78 is 32.7. The second-order valence-corrected chi connectivity index (χ2v) is 7.04. The number of hydrogen-bond acceptors (Lipinski definition) is 4. The zero-order valence-corrected chi connectivity index (χ0v) is 13.7. The fraction of sp³-hybridized carbons (Fsp3) is 0.0625.